The minimum Gasteiger partial charge on any atom is -0.349 e. The van der Waals surface area contributed by atoms with Crippen molar-refractivity contribution in [3.05, 3.63) is 53.4 Å². The highest BCUT2D eigenvalue weighted by Crippen LogP contribution is 2.80. The van der Waals surface area contributed by atoms with Gasteiger partial charge in [-0.3, -0.25) is 9.36 Å². The van der Waals surface area contributed by atoms with Crippen LogP contribution in [0.2, 0.25) is 5.02 Å². The SMILES string of the molecule is O=C(NC1C2CC3CC34CC1C4C2)c1cn(-c2ncccn2)c2cccc(Cl)c12. The molecule has 29 heavy (non-hydrogen) atoms. The Hall–Kier alpha value is -2.40. The van der Waals surface area contributed by atoms with Crippen LogP contribution in [0.1, 0.15) is 36.0 Å². The van der Waals surface area contributed by atoms with E-state index in [1.54, 1.807) is 18.5 Å². The molecule has 0 saturated heterocycles. The van der Waals surface area contributed by atoms with E-state index in [1.165, 1.54) is 25.7 Å². The second kappa shape index (κ2) is 5.39. The third-order valence-corrected chi connectivity index (χ3v) is 8.67. The fourth-order valence-corrected chi connectivity index (χ4v) is 7.36. The quantitative estimate of drug-likeness (QED) is 0.710. The largest absolute Gasteiger partial charge is 0.349 e. The van der Waals surface area contributed by atoms with Crippen LogP contribution in [-0.2, 0) is 0 Å². The summed E-state index contributed by atoms with van der Waals surface area (Å²) >= 11 is 6.54. The number of hydrogen-bond acceptors (Lipinski definition) is 3. The van der Waals surface area contributed by atoms with E-state index in [0.29, 0.717) is 39.8 Å². The van der Waals surface area contributed by atoms with Crippen molar-refractivity contribution >= 4 is 28.4 Å². The van der Waals surface area contributed by atoms with Gasteiger partial charge in [0.25, 0.3) is 5.91 Å². The molecule has 1 spiro atoms. The molecule has 4 aliphatic carbocycles. The number of carbonyl (C=O) groups excluding carboxylic acids is 1. The first-order valence-electron chi connectivity index (χ1n) is 10.5. The molecule has 3 aromatic rings. The third-order valence-electron chi connectivity index (χ3n) is 8.35. The topological polar surface area (TPSA) is 59.8 Å². The van der Waals surface area contributed by atoms with Gasteiger partial charge in [-0.1, -0.05) is 17.7 Å². The molecule has 2 bridgehead atoms. The summed E-state index contributed by atoms with van der Waals surface area (Å²) in [5.74, 6) is 3.65. The number of fused-ring (bicyclic) bond motifs is 2. The monoisotopic (exact) mass is 404 g/mol. The lowest BCUT2D eigenvalue weighted by Gasteiger charge is -2.44. The fourth-order valence-electron chi connectivity index (χ4n) is 7.09. The molecule has 2 heterocycles. The second-order valence-electron chi connectivity index (χ2n) is 9.43. The van der Waals surface area contributed by atoms with E-state index in [9.17, 15) is 4.79 Å². The van der Waals surface area contributed by atoms with Crippen LogP contribution in [-0.4, -0.2) is 26.5 Å². The molecule has 4 saturated carbocycles. The number of nitrogens with one attached hydrogen (secondary N) is 1. The summed E-state index contributed by atoms with van der Waals surface area (Å²) in [6.45, 7) is 0. The Kier molecular flexibility index (Phi) is 3.05. The maximum absolute atomic E-state index is 13.4. The summed E-state index contributed by atoms with van der Waals surface area (Å²) in [6.07, 6.45) is 10.6. The van der Waals surface area contributed by atoms with Crippen LogP contribution in [0.5, 0.6) is 0 Å². The number of aromatic nitrogens is 3. The zero-order valence-corrected chi connectivity index (χ0v) is 16.6. The van der Waals surface area contributed by atoms with Gasteiger partial charge in [0, 0.05) is 30.0 Å². The minimum absolute atomic E-state index is 0.0232. The summed E-state index contributed by atoms with van der Waals surface area (Å²) in [6, 6.07) is 7.79. The average molecular weight is 405 g/mol. The Morgan fingerprint density at radius 3 is 2.90 bits per heavy atom. The lowest BCUT2D eigenvalue weighted by molar-refractivity contribution is 0.0449. The molecule has 2 aromatic heterocycles. The minimum atomic E-state index is -0.0232. The predicted molar refractivity (Wildman–Crippen MR) is 110 cm³/mol. The maximum Gasteiger partial charge on any atom is 0.253 e. The van der Waals surface area contributed by atoms with Crippen molar-refractivity contribution in [3.63, 3.8) is 0 Å². The normalized spacial score (nSPS) is 35.8. The van der Waals surface area contributed by atoms with Gasteiger partial charge in [0.15, 0.2) is 0 Å². The summed E-state index contributed by atoms with van der Waals surface area (Å²) in [5, 5.41) is 4.78. The summed E-state index contributed by atoms with van der Waals surface area (Å²) < 4.78 is 1.86. The van der Waals surface area contributed by atoms with E-state index in [1.807, 2.05) is 29.0 Å². The standard InChI is InChI=1S/C23H21ClN4O/c24-17-3-1-4-18-19(17)15(11-28(18)22-25-5-2-6-26-22)21(29)27-20-12-7-13-9-23(13)10-14(20)16(23)8-12/h1-6,11-14,16,20H,7-10H2,(H,27,29). The number of hydrogen-bond donors (Lipinski definition) is 1. The number of amides is 1. The summed E-state index contributed by atoms with van der Waals surface area (Å²) in [5.41, 5.74) is 2.14. The molecule has 146 valence electrons. The first-order valence-corrected chi connectivity index (χ1v) is 10.9. The van der Waals surface area contributed by atoms with Crippen molar-refractivity contribution in [2.75, 3.05) is 0 Å². The maximum atomic E-state index is 13.4. The number of halogens is 1. The fraction of sp³-hybridized carbons (Fsp3) is 0.435. The van der Waals surface area contributed by atoms with Gasteiger partial charge in [0.05, 0.1) is 16.1 Å². The van der Waals surface area contributed by atoms with E-state index < -0.39 is 0 Å². The Morgan fingerprint density at radius 2 is 2.03 bits per heavy atom. The highest BCUT2D eigenvalue weighted by molar-refractivity contribution is 6.37. The van der Waals surface area contributed by atoms with Crippen LogP contribution in [0.4, 0.5) is 0 Å². The molecule has 7 rings (SSSR count). The van der Waals surface area contributed by atoms with Crippen LogP contribution >= 0.6 is 11.6 Å². The average Bonchev–Trinajstić information content (AvgIpc) is 3.29. The van der Waals surface area contributed by atoms with Crippen LogP contribution in [0, 0.1) is 29.1 Å². The molecule has 1 N–H and O–H groups in total. The molecule has 0 radical (unpaired) electrons. The van der Waals surface area contributed by atoms with E-state index in [4.69, 9.17) is 11.6 Å². The number of carbonyl (C=O) groups is 1. The highest BCUT2D eigenvalue weighted by atomic mass is 35.5. The molecular formula is C23H21ClN4O. The van der Waals surface area contributed by atoms with Gasteiger partial charge in [-0.2, -0.15) is 0 Å². The molecule has 0 aliphatic heterocycles. The molecule has 1 aromatic carbocycles. The molecule has 4 fully saturated rings. The number of nitrogens with zero attached hydrogens (tertiary/aromatic N) is 3. The van der Waals surface area contributed by atoms with E-state index in [-0.39, 0.29) is 5.91 Å². The van der Waals surface area contributed by atoms with Gasteiger partial charge in [-0.25, -0.2) is 9.97 Å². The molecule has 1 amide bonds. The van der Waals surface area contributed by atoms with Crippen molar-refractivity contribution < 1.29 is 4.79 Å². The van der Waals surface area contributed by atoms with Crippen molar-refractivity contribution in [3.8, 4) is 5.95 Å². The summed E-state index contributed by atoms with van der Waals surface area (Å²) in [7, 11) is 0. The van der Waals surface area contributed by atoms with Crippen molar-refractivity contribution in [2.24, 2.45) is 29.1 Å². The van der Waals surface area contributed by atoms with Crippen molar-refractivity contribution in [1.82, 2.24) is 19.9 Å². The van der Waals surface area contributed by atoms with Gasteiger partial charge in [0.1, 0.15) is 0 Å². The summed E-state index contributed by atoms with van der Waals surface area (Å²) in [4.78, 5) is 22.1. The van der Waals surface area contributed by atoms with Crippen molar-refractivity contribution in [2.45, 2.75) is 31.7 Å². The Balaban J connectivity index is 1.27. The zero-order chi connectivity index (χ0) is 19.3. The molecular weight excluding hydrogens is 384 g/mol. The molecule has 6 unspecified atom stereocenters. The van der Waals surface area contributed by atoms with Gasteiger partial charge in [-0.15, -0.1) is 0 Å². The van der Waals surface area contributed by atoms with Crippen molar-refractivity contribution in [1.29, 1.82) is 0 Å². The molecule has 6 atom stereocenters. The Morgan fingerprint density at radius 1 is 1.17 bits per heavy atom. The van der Waals surface area contributed by atoms with Gasteiger partial charge < -0.3 is 5.32 Å². The second-order valence-corrected chi connectivity index (χ2v) is 9.84. The first-order chi connectivity index (χ1) is 14.2. The zero-order valence-electron chi connectivity index (χ0n) is 15.9. The van der Waals surface area contributed by atoms with Gasteiger partial charge in [-0.05, 0) is 73.0 Å². The highest BCUT2D eigenvalue weighted by Gasteiger charge is 2.75. The lowest BCUT2D eigenvalue weighted by Crippen LogP contribution is -2.47. The Bertz CT molecular complexity index is 1170. The van der Waals surface area contributed by atoms with Crippen LogP contribution in [0.3, 0.4) is 0 Å². The molecule has 6 heteroatoms. The first kappa shape index (κ1) is 16.4. The van der Waals surface area contributed by atoms with Crippen LogP contribution in [0.15, 0.2) is 42.9 Å². The van der Waals surface area contributed by atoms with Crippen LogP contribution in [0.25, 0.3) is 16.9 Å². The Labute approximate surface area is 173 Å². The number of rotatable bonds is 3. The van der Waals surface area contributed by atoms with E-state index >= 15 is 0 Å². The predicted octanol–water partition coefficient (Wildman–Crippen LogP) is 4.24. The van der Waals surface area contributed by atoms with Gasteiger partial charge >= 0.3 is 0 Å². The lowest BCUT2D eigenvalue weighted by atomic mass is 9.61. The van der Waals surface area contributed by atoms with E-state index in [2.05, 4.69) is 15.3 Å². The molecule has 5 nitrogen and oxygen atoms in total. The number of benzene rings is 1. The van der Waals surface area contributed by atoms with Gasteiger partial charge in [0.2, 0.25) is 5.95 Å². The smallest absolute Gasteiger partial charge is 0.253 e. The van der Waals surface area contributed by atoms with Crippen LogP contribution < -0.4 is 5.32 Å². The molecule has 4 aliphatic rings. The van der Waals surface area contributed by atoms with E-state index in [0.717, 1.165) is 22.7 Å². The third kappa shape index (κ3) is 2.04.